The van der Waals surface area contributed by atoms with Gasteiger partial charge >= 0.3 is 0 Å². The summed E-state index contributed by atoms with van der Waals surface area (Å²) >= 11 is 1.37. The highest BCUT2D eigenvalue weighted by Crippen LogP contribution is 2.24. The molecule has 128 valence electrons. The fraction of sp³-hybridized carbons (Fsp3) is 0.294. The van der Waals surface area contributed by atoms with Gasteiger partial charge in [-0.2, -0.15) is 0 Å². The molecule has 0 unspecified atom stereocenters. The van der Waals surface area contributed by atoms with E-state index in [9.17, 15) is 9.59 Å². The Morgan fingerprint density at radius 3 is 2.62 bits per heavy atom. The van der Waals surface area contributed by atoms with E-state index in [2.05, 4.69) is 10.6 Å². The highest BCUT2D eigenvalue weighted by Gasteiger charge is 2.09. The molecule has 7 heteroatoms. The quantitative estimate of drug-likeness (QED) is 0.767. The third-order valence-electron chi connectivity index (χ3n) is 3.35. The van der Waals surface area contributed by atoms with Gasteiger partial charge in [0.05, 0.1) is 19.1 Å². The van der Waals surface area contributed by atoms with Crippen LogP contribution in [0.5, 0.6) is 11.5 Å². The van der Waals surface area contributed by atoms with Gasteiger partial charge in [-0.15, -0.1) is 11.3 Å². The summed E-state index contributed by atoms with van der Waals surface area (Å²) in [5.41, 5.74) is 0.856. The molecule has 0 saturated carbocycles. The number of benzene rings is 1. The van der Waals surface area contributed by atoms with Crippen LogP contribution in [0, 0.1) is 0 Å². The second-order valence-corrected chi connectivity index (χ2v) is 5.89. The van der Waals surface area contributed by atoms with Gasteiger partial charge in [-0.3, -0.25) is 9.59 Å². The first-order chi connectivity index (χ1) is 11.6. The van der Waals surface area contributed by atoms with Crippen molar-refractivity contribution in [1.82, 2.24) is 10.6 Å². The summed E-state index contributed by atoms with van der Waals surface area (Å²) in [4.78, 5) is 24.3. The van der Waals surface area contributed by atoms with Crippen molar-refractivity contribution in [2.45, 2.75) is 13.0 Å². The summed E-state index contributed by atoms with van der Waals surface area (Å²) in [6.45, 7) is 0.646. The smallest absolute Gasteiger partial charge is 0.261 e. The molecule has 2 amide bonds. The molecule has 1 aromatic heterocycles. The number of hydrogen-bond donors (Lipinski definition) is 2. The van der Waals surface area contributed by atoms with Crippen molar-refractivity contribution in [1.29, 1.82) is 0 Å². The van der Waals surface area contributed by atoms with Crippen LogP contribution in [0.1, 0.15) is 21.7 Å². The van der Waals surface area contributed by atoms with Crippen LogP contribution in [0.2, 0.25) is 0 Å². The molecule has 1 aromatic carbocycles. The zero-order valence-electron chi connectivity index (χ0n) is 13.6. The van der Waals surface area contributed by atoms with Crippen LogP contribution < -0.4 is 20.1 Å². The van der Waals surface area contributed by atoms with Crippen molar-refractivity contribution in [2.24, 2.45) is 0 Å². The van der Waals surface area contributed by atoms with Gasteiger partial charge in [0, 0.05) is 31.1 Å². The summed E-state index contributed by atoms with van der Waals surface area (Å²) < 4.78 is 10.4. The van der Waals surface area contributed by atoms with Crippen molar-refractivity contribution in [3.05, 3.63) is 46.2 Å². The number of amides is 2. The van der Waals surface area contributed by atoms with Gasteiger partial charge in [0.15, 0.2) is 0 Å². The lowest BCUT2D eigenvalue weighted by molar-refractivity contribution is -0.121. The summed E-state index contributed by atoms with van der Waals surface area (Å²) in [5.74, 6) is 1.05. The minimum Gasteiger partial charge on any atom is -0.497 e. The van der Waals surface area contributed by atoms with Crippen LogP contribution in [-0.2, 0) is 11.3 Å². The Morgan fingerprint density at radius 1 is 1.12 bits per heavy atom. The van der Waals surface area contributed by atoms with E-state index in [-0.39, 0.29) is 18.2 Å². The van der Waals surface area contributed by atoms with Crippen molar-refractivity contribution in [3.63, 3.8) is 0 Å². The van der Waals surface area contributed by atoms with Crippen molar-refractivity contribution in [2.75, 3.05) is 20.8 Å². The average Bonchev–Trinajstić information content (AvgIpc) is 3.14. The Kier molecular flexibility index (Phi) is 6.62. The van der Waals surface area contributed by atoms with Crippen molar-refractivity contribution >= 4 is 23.2 Å². The molecule has 0 saturated heterocycles. The van der Waals surface area contributed by atoms with Crippen LogP contribution in [0.4, 0.5) is 0 Å². The minimum absolute atomic E-state index is 0.139. The van der Waals surface area contributed by atoms with Gasteiger partial charge in [0.25, 0.3) is 5.91 Å². The van der Waals surface area contributed by atoms with Gasteiger partial charge in [-0.25, -0.2) is 0 Å². The highest BCUT2D eigenvalue weighted by atomic mass is 32.1. The van der Waals surface area contributed by atoms with E-state index in [0.29, 0.717) is 29.5 Å². The molecule has 0 spiro atoms. The molecule has 0 radical (unpaired) electrons. The monoisotopic (exact) mass is 348 g/mol. The van der Waals surface area contributed by atoms with Crippen LogP contribution in [0.3, 0.4) is 0 Å². The normalized spacial score (nSPS) is 10.1. The number of ether oxygens (including phenoxy) is 2. The predicted octanol–water partition coefficient (Wildman–Crippen LogP) is 2.20. The lowest BCUT2D eigenvalue weighted by atomic mass is 10.2. The summed E-state index contributed by atoms with van der Waals surface area (Å²) in [6, 6.07) is 8.98. The Hall–Kier alpha value is -2.54. The molecule has 0 aliphatic heterocycles. The van der Waals surface area contributed by atoms with E-state index in [1.165, 1.54) is 11.3 Å². The SMILES string of the molecule is COc1ccc(CNC(=O)CCNC(=O)c2cccs2)c(OC)c1. The molecule has 2 aromatic rings. The fourth-order valence-electron chi connectivity index (χ4n) is 2.06. The average molecular weight is 348 g/mol. The first kappa shape index (κ1) is 17.8. The molecule has 6 nitrogen and oxygen atoms in total. The Labute approximate surface area is 144 Å². The lowest BCUT2D eigenvalue weighted by Gasteiger charge is -2.11. The van der Waals surface area contributed by atoms with Gasteiger partial charge < -0.3 is 20.1 Å². The Morgan fingerprint density at radius 2 is 1.96 bits per heavy atom. The zero-order valence-corrected chi connectivity index (χ0v) is 14.4. The van der Waals surface area contributed by atoms with Crippen LogP contribution >= 0.6 is 11.3 Å². The second kappa shape index (κ2) is 8.93. The standard InChI is InChI=1S/C17H20N2O4S/c1-22-13-6-5-12(14(10-13)23-2)11-19-16(20)7-8-18-17(21)15-4-3-9-24-15/h3-6,9-10H,7-8,11H2,1-2H3,(H,18,21)(H,19,20). The number of rotatable bonds is 8. The summed E-state index contributed by atoms with van der Waals surface area (Å²) in [7, 11) is 3.15. The van der Waals surface area contributed by atoms with E-state index in [1.54, 1.807) is 26.4 Å². The topological polar surface area (TPSA) is 76.7 Å². The molecule has 0 aliphatic rings. The van der Waals surface area contributed by atoms with Crippen LogP contribution in [-0.4, -0.2) is 32.6 Å². The maximum atomic E-state index is 11.9. The predicted molar refractivity (Wildman–Crippen MR) is 92.7 cm³/mol. The van der Waals surface area contributed by atoms with Crippen molar-refractivity contribution < 1.29 is 19.1 Å². The zero-order chi connectivity index (χ0) is 17.4. The summed E-state index contributed by atoms with van der Waals surface area (Å²) in [6.07, 6.45) is 0.218. The van der Waals surface area contributed by atoms with Gasteiger partial charge in [0.2, 0.25) is 5.91 Å². The first-order valence-corrected chi connectivity index (χ1v) is 8.31. The van der Waals surface area contributed by atoms with E-state index in [1.807, 2.05) is 23.6 Å². The van der Waals surface area contributed by atoms with E-state index in [4.69, 9.17) is 9.47 Å². The molecule has 2 rings (SSSR count). The molecular weight excluding hydrogens is 328 g/mol. The maximum Gasteiger partial charge on any atom is 0.261 e. The Bertz CT molecular complexity index is 686. The number of methoxy groups -OCH3 is 2. The number of carbonyl (C=O) groups is 2. The van der Waals surface area contributed by atoms with Crippen LogP contribution in [0.25, 0.3) is 0 Å². The number of carbonyl (C=O) groups excluding carboxylic acids is 2. The van der Waals surface area contributed by atoms with E-state index >= 15 is 0 Å². The fourth-order valence-corrected chi connectivity index (χ4v) is 2.70. The van der Waals surface area contributed by atoms with Gasteiger partial charge in [-0.1, -0.05) is 6.07 Å². The van der Waals surface area contributed by atoms with Crippen LogP contribution in [0.15, 0.2) is 35.7 Å². The molecule has 0 aliphatic carbocycles. The number of hydrogen-bond acceptors (Lipinski definition) is 5. The molecule has 0 bridgehead atoms. The lowest BCUT2D eigenvalue weighted by Crippen LogP contribution is -2.30. The van der Waals surface area contributed by atoms with E-state index < -0.39 is 0 Å². The van der Waals surface area contributed by atoms with Gasteiger partial charge in [-0.05, 0) is 23.6 Å². The molecule has 1 heterocycles. The van der Waals surface area contributed by atoms with E-state index in [0.717, 1.165) is 5.56 Å². The number of nitrogens with one attached hydrogen (secondary N) is 2. The molecule has 2 N–H and O–H groups in total. The summed E-state index contributed by atoms with van der Waals surface area (Å²) in [5, 5.41) is 7.37. The molecule has 24 heavy (non-hydrogen) atoms. The molecular formula is C17H20N2O4S. The highest BCUT2D eigenvalue weighted by molar-refractivity contribution is 7.12. The third kappa shape index (κ3) is 4.99. The second-order valence-electron chi connectivity index (χ2n) is 4.94. The Balaban J connectivity index is 1.76. The number of thiophene rings is 1. The van der Waals surface area contributed by atoms with Crippen molar-refractivity contribution in [3.8, 4) is 11.5 Å². The third-order valence-corrected chi connectivity index (χ3v) is 4.22. The molecule has 0 fully saturated rings. The van der Waals surface area contributed by atoms with Gasteiger partial charge in [0.1, 0.15) is 11.5 Å². The minimum atomic E-state index is -0.158. The molecule has 0 atom stereocenters. The maximum absolute atomic E-state index is 11.9. The largest absolute Gasteiger partial charge is 0.497 e. The first-order valence-electron chi connectivity index (χ1n) is 7.43.